The molecule has 0 atom stereocenters. The van der Waals surface area contributed by atoms with Crippen molar-refractivity contribution in [2.75, 3.05) is 5.32 Å². The second-order valence-corrected chi connectivity index (χ2v) is 13.1. The topological polar surface area (TPSA) is 62.7 Å². The van der Waals surface area contributed by atoms with Crippen molar-refractivity contribution in [3.8, 4) is 11.4 Å². The predicted molar refractivity (Wildman–Crippen MR) is 131 cm³/mol. The van der Waals surface area contributed by atoms with Gasteiger partial charge in [-0.05, 0) is 51.5 Å². The first kappa shape index (κ1) is 24.5. The first-order valence-electron chi connectivity index (χ1n) is 10.5. The van der Waals surface area contributed by atoms with Crippen molar-refractivity contribution < 1.29 is 0 Å². The molecular formula is C23H32Cl3N5. The molecule has 2 aromatic rings. The van der Waals surface area contributed by atoms with Crippen LogP contribution < -0.4 is 10.6 Å². The summed E-state index contributed by atoms with van der Waals surface area (Å²) in [6, 6.07) is 8.34. The van der Waals surface area contributed by atoms with Crippen molar-refractivity contribution >= 4 is 40.8 Å². The van der Waals surface area contributed by atoms with Crippen LogP contribution in [0.15, 0.2) is 24.3 Å². The van der Waals surface area contributed by atoms with Gasteiger partial charge in [0.1, 0.15) is 0 Å². The molecule has 1 saturated heterocycles. The van der Waals surface area contributed by atoms with Crippen molar-refractivity contribution in [1.82, 2.24) is 20.3 Å². The average molecular weight is 485 g/mol. The van der Waals surface area contributed by atoms with Gasteiger partial charge in [0, 0.05) is 22.7 Å². The number of alkyl halides is 3. The van der Waals surface area contributed by atoms with Crippen LogP contribution in [0, 0.1) is 0 Å². The highest BCUT2D eigenvalue weighted by Crippen LogP contribution is 2.37. The maximum absolute atomic E-state index is 6.15. The van der Waals surface area contributed by atoms with E-state index in [2.05, 4.69) is 86.2 Å². The molecule has 31 heavy (non-hydrogen) atoms. The number of benzene rings is 1. The molecule has 0 aliphatic carbocycles. The molecule has 170 valence electrons. The lowest BCUT2D eigenvalue weighted by atomic mass is 9.80. The van der Waals surface area contributed by atoms with E-state index in [4.69, 9.17) is 34.8 Å². The summed E-state index contributed by atoms with van der Waals surface area (Å²) in [7, 11) is 0. The molecular weight excluding hydrogens is 453 g/mol. The second kappa shape index (κ2) is 8.33. The zero-order chi connectivity index (χ0) is 23.2. The summed E-state index contributed by atoms with van der Waals surface area (Å²) in [6.45, 7) is 15.3. The number of nitrogens with zero attached hydrogens (tertiary/aromatic N) is 3. The van der Waals surface area contributed by atoms with Gasteiger partial charge in [0.15, 0.2) is 11.6 Å². The predicted octanol–water partition coefficient (Wildman–Crippen LogP) is 6.38. The van der Waals surface area contributed by atoms with E-state index >= 15 is 0 Å². The molecule has 5 nitrogen and oxygen atoms in total. The maximum Gasteiger partial charge on any atom is 0.250 e. The molecule has 1 aromatic heterocycles. The summed E-state index contributed by atoms with van der Waals surface area (Å²) in [5.74, 6) is 1.01. The molecule has 0 unspecified atom stereocenters. The van der Waals surface area contributed by atoms with E-state index in [9.17, 15) is 0 Å². The van der Waals surface area contributed by atoms with Gasteiger partial charge >= 0.3 is 0 Å². The molecule has 2 N–H and O–H groups in total. The highest BCUT2D eigenvalue weighted by Gasteiger charge is 2.38. The summed E-state index contributed by atoms with van der Waals surface area (Å²) < 4.78 is -1.74. The van der Waals surface area contributed by atoms with Crippen LogP contribution in [0.4, 0.5) is 5.95 Å². The Balaban J connectivity index is 1.96. The third kappa shape index (κ3) is 6.44. The van der Waals surface area contributed by atoms with Gasteiger partial charge < -0.3 is 10.6 Å². The Morgan fingerprint density at radius 1 is 0.903 bits per heavy atom. The minimum absolute atomic E-state index is 0.0178. The molecule has 8 heteroatoms. The van der Waals surface area contributed by atoms with Crippen molar-refractivity contribution in [3.63, 3.8) is 0 Å². The number of piperidine rings is 1. The van der Waals surface area contributed by atoms with E-state index in [0.29, 0.717) is 11.8 Å². The van der Waals surface area contributed by atoms with Gasteiger partial charge in [-0.25, -0.2) is 4.98 Å². The molecule has 1 aromatic carbocycles. The summed E-state index contributed by atoms with van der Waals surface area (Å²) in [4.78, 5) is 13.5. The standard InChI is InChI=1S/C23H32Cl3N5/c1-20(2,3)15-10-8-14(9-11-15)17-28-18(23(24,25)26)30-19(29-17)27-16-12-21(4,5)31-22(6,7)13-16/h8-11,16,31H,12-13H2,1-7H3,(H,27,28,29,30). The number of hydrogen-bond donors (Lipinski definition) is 2. The Kier molecular flexibility index (Phi) is 6.58. The molecule has 0 spiro atoms. The highest BCUT2D eigenvalue weighted by atomic mass is 35.6. The molecule has 0 saturated carbocycles. The molecule has 1 aliphatic heterocycles. The van der Waals surface area contributed by atoms with Gasteiger partial charge in [-0.15, -0.1) is 0 Å². The highest BCUT2D eigenvalue weighted by molar-refractivity contribution is 6.66. The molecule has 1 fully saturated rings. The molecule has 3 rings (SSSR count). The van der Waals surface area contributed by atoms with Crippen LogP contribution >= 0.6 is 34.8 Å². The molecule has 2 heterocycles. The van der Waals surface area contributed by atoms with Crippen molar-refractivity contribution in [3.05, 3.63) is 35.7 Å². The number of halogens is 3. The van der Waals surface area contributed by atoms with E-state index in [1.54, 1.807) is 0 Å². The Labute approximate surface area is 200 Å². The zero-order valence-electron chi connectivity index (χ0n) is 19.3. The number of hydrogen-bond acceptors (Lipinski definition) is 5. The lowest BCUT2D eigenvalue weighted by molar-refractivity contribution is 0.170. The zero-order valence-corrected chi connectivity index (χ0v) is 21.5. The summed E-state index contributed by atoms with van der Waals surface area (Å²) in [5, 5.41) is 7.15. The minimum Gasteiger partial charge on any atom is -0.351 e. The Morgan fingerprint density at radius 2 is 1.45 bits per heavy atom. The van der Waals surface area contributed by atoms with Crippen molar-refractivity contribution in [1.29, 1.82) is 0 Å². The van der Waals surface area contributed by atoms with Crippen molar-refractivity contribution in [2.24, 2.45) is 0 Å². The monoisotopic (exact) mass is 483 g/mol. The second-order valence-electron chi connectivity index (χ2n) is 10.8. The number of aromatic nitrogens is 3. The third-order valence-electron chi connectivity index (χ3n) is 5.42. The Morgan fingerprint density at radius 3 is 1.94 bits per heavy atom. The fraction of sp³-hybridized carbons (Fsp3) is 0.609. The SMILES string of the molecule is CC1(C)CC(Nc2nc(-c3ccc(C(C)(C)C)cc3)nc(C(Cl)(Cl)Cl)n2)CC(C)(C)N1. The maximum atomic E-state index is 6.15. The quantitative estimate of drug-likeness (QED) is 0.495. The fourth-order valence-corrected chi connectivity index (χ4v) is 4.68. The van der Waals surface area contributed by atoms with Crippen molar-refractivity contribution in [2.45, 2.75) is 87.6 Å². The first-order chi connectivity index (χ1) is 14.0. The van der Waals surface area contributed by atoms with Crippen LogP contribution in [0.5, 0.6) is 0 Å². The lowest BCUT2D eigenvalue weighted by Gasteiger charge is -2.46. The summed E-state index contributed by atoms with van der Waals surface area (Å²) in [6.07, 6.45) is 1.83. The van der Waals surface area contributed by atoms with E-state index in [1.165, 1.54) is 5.56 Å². The van der Waals surface area contributed by atoms with Crippen LogP contribution in [0.25, 0.3) is 11.4 Å². The molecule has 0 amide bonds. The van der Waals surface area contributed by atoms with E-state index in [0.717, 1.165) is 18.4 Å². The Bertz CT molecular complexity index is 912. The van der Waals surface area contributed by atoms with Crippen LogP contribution in [-0.4, -0.2) is 32.1 Å². The first-order valence-corrected chi connectivity index (χ1v) is 11.7. The smallest absolute Gasteiger partial charge is 0.250 e. The van der Waals surface area contributed by atoms with Gasteiger partial charge in [0.2, 0.25) is 9.74 Å². The largest absolute Gasteiger partial charge is 0.351 e. The molecule has 1 aliphatic rings. The van der Waals surface area contributed by atoms with E-state index in [1.807, 2.05) is 12.1 Å². The normalized spacial score (nSPS) is 19.3. The van der Waals surface area contributed by atoms with Gasteiger partial charge in [-0.2, -0.15) is 9.97 Å². The Hall–Kier alpha value is -1.14. The van der Waals surface area contributed by atoms with Crippen LogP contribution in [0.1, 0.15) is 72.7 Å². The fourth-order valence-electron chi connectivity index (χ4n) is 4.42. The number of rotatable bonds is 3. The van der Waals surface area contributed by atoms with E-state index in [-0.39, 0.29) is 28.4 Å². The number of anilines is 1. The average Bonchev–Trinajstić information content (AvgIpc) is 2.57. The van der Waals surface area contributed by atoms with Gasteiger partial charge in [-0.3, -0.25) is 0 Å². The van der Waals surface area contributed by atoms with E-state index < -0.39 is 3.79 Å². The summed E-state index contributed by atoms with van der Waals surface area (Å²) in [5.41, 5.74) is 2.10. The van der Waals surface area contributed by atoms with Gasteiger partial charge in [0.25, 0.3) is 0 Å². The van der Waals surface area contributed by atoms with Crippen LogP contribution in [-0.2, 0) is 9.21 Å². The molecule has 0 bridgehead atoms. The number of nitrogens with one attached hydrogen (secondary N) is 2. The third-order valence-corrected chi connectivity index (χ3v) is 5.93. The molecule has 0 radical (unpaired) electrons. The summed E-state index contributed by atoms with van der Waals surface area (Å²) >= 11 is 18.4. The van der Waals surface area contributed by atoms with Crippen LogP contribution in [0.2, 0.25) is 0 Å². The lowest BCUT2D eigenvalue weighted by Crippen LogP contribution is -2.60. The van der Waals surface area contributed by atoms with Crippen LogP contribution in [0.3, 0.4) is 0 Å². The van der Waals surface area contributed by atoms with Gasteiger partial charge in [-0.1, -0.05) is 79.8 Å². The van der Waals surface area contributed by atoms with Gasteiger partial charge in [0.05, 0.1) is 0 Å². The minimum atomic E-state index is -1.74.